The minimum Gasteiger partial charge on any atom is -0.349 e. The number of anilines is 1. The van der Waals surface area contributed by atoms with Crippen molar-refractivity contribution in [3.05, 3.63) is 10.6 Å². The maximum absolute atomic E-state index is 4.63. The molecule has 0 aromatic carbocycles. The van der Waals surface area contributed by atoms with Crippen LogP contribution < -0.4 is 10.2 Å². The lowest BCUT2D eigenvalue weighted by atomic mass is 10.4. The number of aromatic nitrogens is 1. The normalized spacial score (nSPS) is 15.8. The lowest BCUT2D eigenvalue weighted by molar-refractivity contribution is 0.691. The van der Waals surface area contributed by atoms with E-state index in [0.717, 1.165) is 17.7 Å². The highest BCUT2D eigenvalue weighted by Crippen LogP contribution is 2.27. The fourth-order valence-electron chi connectivity index (χ4n) is 1.47. The van der Waals surface area contributed by atoms with Crippen LogP contribution in [0.2, 0.25) is 0 Å². The fourth-order valence-corrected chi connectivity index (χ4v) is 2.58. The highest BCUT2D eigenvalue weighted by atomic mass is 32.1. The van der Waals surface area contributed by atoms with Crippen molar-refractivity contribution in [2.24, 2.45) is 0 Å². The topological polar surface area (TPSA) is 28.2 Å². The zero-order valence-corrected chi connectivity index (χ0v) is 11.4. The quantitative estimate of drug-likeness (QED) is 0.856. The standard InChI is InChI=1S/C12H21N3S/c1-8(2)15(4)12-14-9(3)11(16-12)7-13-10-5-6-10/h8,10,13H,5-7H2,1-4H3. The summed E-state index contributed by atoms with van der Waals surface area (Å²) in [6, 6.07) is 1.28. The van der Waals surface area contributed by atoms with Gasteiger partial charge in [-0.1, -0.05) is 0 Å². The predicted octanol–water partition coefficient (Wildman–Crippen LogP) is 2.55. The number of nitrogens with one attached hydrogen (secondary N) is 1. The molecule has 1 aromatic rings. The summed E-state index contributed by atoms with van der Waals surface area (Å²) in [5, 5.41) is 4.69. The third-order valence-electron chi connectivity index (χ3n) is 3.09. The Morgan fingerprint density at radius 3 is 2.75 bits per heavy atom. The van der Waals surface area contributed by atoms with E-state index < -0.39 is 0 Å². The number of hydrogen-bond acceptors (Lipinski definition) is 4. The smallest absolute Gasteiger partial charge is 0.185 e. The maximum atomic E-state index is 4.63. The van der Waals surface area contributed by atoms with E-state index in [2.05, 4.69) is 43.0 Å². The molecule has 1 N–H and O–H groups in total. The molecule has 1 aliphatic carbocycles. The van der Waals surface area contributed by atoms with Gasteiger partial charge in [0.15, 0.2) is 5.13 Å². The molecule has 2 rings (SSSR count). The zero-order chi connectivity index (χ0) is 11.7. The number of thiazole rings is 1. The van der Waals surface area contributed by atoms with Crippen molar-refractivity contribution < 1.29 is 0 Å². The summed E-state index contributed by atoms with van der Waals surface area (Å²) < 4.78 is 0. The van der Waals surface area contributed by atoms with E-state index >= 15 is 0 Å². The van der Waals surface area contributed by atoms with Gasteiger partial charge >= 0.3 is 0 Å². The number of nitrogens with zero attached hydrogens (tertiary/aromatic N) is 2. The average Bonchev–Trinajstić information content (AvgIpc) is 2.99. The first kappa shape index (κ1) is 11.9. The maximum Gasteiger partial charge on any atom is 0.185 e. The van der Waals surface area contributed by atoms with E-state index in [9.17, 15) is 0 Å². The second-order valence-electron chi connectivity index (χ2n) is 4.86. The van der Waals surface area contributed by atoms with E-state index in [4.69, 9.17) is 0 Å². The van der Waals surface area contributed by atoms with Gasteiger partial charge in [-0.25, -0.2) is 4.98 Å². The Kier molecular flexibility index (Phi) is 3.50. The monoisotopic (exact) mass is 239 g/mol. The van der Waals surface area contributed by atoms with Crippen molar-refractivity contribution in [2.45, 2.75) is 52.2 Å². The van der Waals surface area contributed by atoms with Crippen molar-refractivity contribution in [3.63, 3.8) is 0 Å². The van der Waals surface area contributed by atoms with Crippen LogP contribution in [-0.4, -0.2) is 24.1 Å². The molecule has 3 nitrogen and oxygen atoms in total. The second kappa shape index (κ2) is 4.72. The molecule has 1 fully saturated rings. The molecular weight excluding hydrogens is 218 g/mol. The molecule has 1 saturated carbocycles. The van der Waals surface area contributed by atoms with E-state index in [1.807, 2.05) is 11.3 Å². The summed E-state index contributed by atoms with van der Waals surface area (Å²) in [6.45, 7) is 7.48. The van der Waals surface area contributed by atoms with Crippen molar-refractivity contribution in [1.29, 1.82) is 0 Å². The first-order chi connectivity index (χ1) is 7.58. The molecule has 0 bridgehead atoms. The molecule has 0 aliphatic heterocycles. The third kappa shape index (κ3) is 2.74. The third-order valence-corrected chi connectivity index (χ3v) is 4.33. The van der Waals surface area contributed by atoms with Crippen LogP contribution in [0, 0.1) is 6.92 Å². The molecule has 0 atom stereocenters. The van der Waals surface area contributed by atoms with Crippen molar-refractivity contribution >= 4 is 16.5 Å². The molecule has 0 radical (unpaired) electrons. The molecule has 0 spiro atoms. The van der Waals surface area contributed by atoms with E-state index in [-0.39, 0.29) is 0 Å². The van der Waals surface area contributed by atoms with Crippen LogP contribution in [0.3, 0.4) is 0 Å². The molecule has 16 heavy (non-hydrogen) atoms. The minimum atomic E-state index is 0.509. The summed E-state index contributed by atoms with van der Waals surface area (Å²) >= 11 is 1.82. The van der Waals surface area contributed by atoms with Crippen LogP contribution in [-0.2, 0) is 6.54 Å². The van der Waals surface area contributed by atoms with E-state index in [1.165, 1.54) is 23.4 Å². The van der Waals surface area contributed by atoms with Crippen LogP contribution in [0.15, 0.2) is 0 Å². The van der Waals surface area contributed by atoms with Crippen molar-refractivity contribution in [3.8, 4) is 0 Å². The number of aryl methyl sites for hydroxylation is 1. The zero-order valence-electron chi connectivity index (χ0n) is 10.6. The highest BCUT2D eigenvalue weighted by Gasteiger charge is 2.21. The SMILES string of the molecule is Cc1nc(N(C)C(C)C)sc1CNC1CC1. The van der Waals surface area contributed by atoms with Gasteiger partial charge in [0.05, 0.1) is 5.69 Å². The van der Waals surface area contributed by atoms with Gasteiger partial charge in [-0.15, -0.1) is 11.3 Å². The molecule has 1 aliphatic rings. The van der Waals surface area contributed by atoms with Gasteiger partial charge in [-0.2, -0.15) is 0 Å². The number of hydrogen-bond donors (Lipinski definition) is 1. The number of rotatable bonds is 5. The Labute approximate surface area is 102 Å². The van der Waals surface area contributed by atoms with Gasteiger partial charge in [0.2, 0.25) is 0 Å². The largest absolute Gasteiger partial charge is 0.349 e. The van der Waals surface area contributed by atoms with Crippen LogP contribution >= 0.6 is 11.3 Å². The average molecular weight is 239 g/mol. The van der Waals surface area contributed by atoms with E-state index in [0.29, 0.717) is 6.04 Å². The van der Waals surface area contributed by atoms with Crippen molar-refractivity contribution in [2.75, 3.05) is 11.9 Å². The molecule has 0 amide bonds. The molecule has 0 saturated heterocycles. The second-order valence-corrected chi connectivity index (χ2v) is 5.93. The summed E-state index contributed by atoms with van der Waals surface area (Å²) in [7, 11) is 2.11. The van der Waals surface area contributed by atoms with Crippen LogP contribution in [0.4, 0.5) is 5.13 Å². The Balaban J connectivity index is 2.01. The summed E-state index contributed by atoms with van der Waals surface area (Å²) in [5.41, 5.74) is 1.18. The Hall–Kier alpha value is -0.610. The molecule has 1 heterocycles. The Bertz CT molecular complexity index is 355. The van der Waals surface area contributed by atoms with Crippen LogP contribution in [0.1, 0.15) is 37.3 Å². The first-order valence-corrected chi connectivity index (χ1v) is 6.82. The van der Waals surface area contributed by atoms with Gasteiger partial charge in [-0.3, -0.25) is 0 Å². The Morgan fingerprint density at radius 2 is 2.19 bits per heavy atom. The summed E-state index contributed by atoms with van der Waals surface area (Å²) in [4.78, 5) is 8.25. The molecule has 90 valence electrons. The molecule has 0 unspecified atom stereocenters. The van der Waals surface area contributed by atoms with Gasteiger partial charge < -0.3 is 10.2 Å². The van der Waals surface area contributed by atoms with Crippen molar-refractivity contribution in [1.82, 2.24) is 10.3 Å². The summed E-state index contributed by atoms with van der Waals surface area (Å²) in [6.07, 6.45) is 2.69. The molecule has 1 aromatic heterocycles. The van der Waals surface area contributed by atoms with Crippen LogP contribution in [0.25, 0.3) is 0 Å². The van der Waals surface area contributed by atoms with Gasteiger partial charge in [0.25, 0.3) is 0 Å². The lowest BCUT2D eigenvalue weighted by Crippen LogP contribution is -2.25. The Morgan fingerprint density at radius 1 is 1.50 bits per heavy atom. The van der Waals surface area contributed by atoms with E-state index in [1.54, 1.807) is 0 Å². The van der Waals surface area contributed by atoms with Gasteiger partial charge in [0.1, 0.15) is 0 Å². The summed E-state index contributed by atoms with van der Waals surface area (Å²) in [5.74, 6) is 0. The predicted molar refractivity (Wildman–Crippen MR) is 70.3 cm³/mol. The van der Waals surface area contributed by atoms with Gasteiger partial charge in [0, 0.05) is 30.6 Å². The molecule has 4 heteroatoms. The first-order valence-electron chi connectivity index (χ1n) is 6.00. The van der Waals surface area contributed by atoms with Gasteiger partial charge in [-0.05, 0) is 33.6 Å². The fraction of sp³-hybridized carbons (Fsp3) is 0.750. The molecular formula is C12H21N3S. The lowest BCUT2D eigenvalue weighted by Gasteiger charge is -2.19. The highest BCUT2D eigenvalue weighted by molar-refractivity contribution is 7.15. The minimum absolute atomic E-state index is 0.509. The van der Waals surface area contributed by atoms with Crippen LogP contribution in [0.5, 0.6) is 0 Å².